The van der Waals surface area contributed by atoms with Gasteiger partial charge in [-0.3, -0.25) is 0 Å². The minimum absolute atomic E-state index is 0.363. The lowest BCUT2D eigenvalue weighted by atomic mass is 9.99. The van der Waals surface area contributed by atoms with E-state index in [-0.39, 0.29) is 0 Å². The number of rotatable bonds is 6. The van der Waals surface area contributed by atoms with E-state index in [1.807, 2.05) is 55.5 Å². The molecule has 2 aromatic heterocycles. The van der Waals surface area contributed by atoms with Crippen LogP contribution in [0.2, 0.25) is 0 Å². The molecule has 7 nitrogen and oxygen atoms in total. The van der Waals surface area contributed by atoms with Gasteiger partial charge in [0.25, 0.3) is 0 Å². The zero-order valence-electron chi connectivity index (χ0n) is 17.0. The van der Waals surface area contributed by atoms with E-state index in [9.17, 15) is 0 Å². The number of hydrogen-bond acceptors (Lipinski definition) is 7. The number of anilines is 1. The Bertz CT molecular complexity index is 1210. The molecule has 30 heavy (non-hydrogen) atoms. The third-order valence-corrected chi connectivity index (χ3v) is 4.79. The van der Waals surface area contributed by atoms with Crippen LogP contribution in [0.5, 0.6) is 17.2 Å². The van der Waals surface area contributed by atoms with Crippen LogP contribution in [-0.4, -0.2) is 35.8 Å². The molecule has 0 aliphatic rings. The highest BCUT2D eigenvalue weighted by molar-refractivity contribution is 6.01. The van der Waals surface area contributed by atoms with E-state index in [0.717, 1.165) is 28.1 Å². The number of nitrogen functional groups attached to an aromatic ring is 1. The molecule has 0 spiro atoms. The summed E-state index contributed by atoms with van der Waals surface area (Å²) in [7, 11) is 3.25. The van der Waals surface area contributed by atoms with Crippen molar-refractivity contribution in [3.8, 4) is 39.6 Å². The van der Waals surface area contributed by atoms with Crippen LogP contribution < -0.4 is 19.9 Å². The molecule has 7 heteroatoms. The Hall–Kier alpha value is -3.87. The van der Waals surface area contributed by atoms with Crippen LogP contribution in [-0.2, 0) is 0 Å². The molecule has 0 fully saturated rings. The van der Waals surface area contributed by atoms with Crippen molar-refractivity contribution in [3.63, 3.8) is 0 Å². The highest BCUT2D eigenvalue weighted by atomic mass is 16.5. The number of methoxy groups -OCH3 is 2. The zero-order chi connectivity index (χ0) is 21.1. The quantitative estimate of drug-likeness (QED) is 0.512. The van der Waals surface area contributed by atoms with E-state index < -0.39 is 0 Å². The number of ether oxygens (including phenoxy) is 3. The molecule has 2 aromatic carbocycles. The minimum Gasteiger partial charge on any atom is -0.496 e. The molecule has 0 aliphatic carbocycles. The molecule has 0 saturated heterocycles. The molecule has 0 radical (unpaired) electrons. The molecule has 152 valence electrons. The van der Waals surface area contributed by atoms with Gasteiger partial charge in [0.05, 0.1) is 31.9 Å². The fraction of sp³-hybridized carbons (Fsp3) is 0.174. The topological polar surface area (TPSA) is 92.4 Å². The third kappa shape index (κ3) is 3.45. The summed E-state index contributed by atoms with van der Waals surface area (Å²) >= 11 is 0. The lowest BCUT2D eigenvalue weighted by Gasteiger charge is -2.15. The average Bonchev–Trinajstić information content (AvgIpc) is 2.79. The SMILES string of the molecule is CCOc1ccc(-c2cc(-c3ccccc3OC)nc3ncnc(N)c23)cc1OC. The maximum absolute atomic E-state index is 6.22. The molecular formula is C23H22N4O3. The maximum atomic E-state index is 6.22. The Morgan fingerprint density at radius 1 is 0.867 bits per heavy atom. The van der Waals surface area contributed by atoms with E-state index in [0.29, 0.717) is 35.0 Å². The number of para-hydroxylation sites is 1. The van der Waals surface area contributed by atoms with Gasteiger partial charge in [-0.05, 0) is 48.4 Å². The van der Waals surface area contributed by atoms with Gasteiger partial charge >= 0.3 is 0 Å². The summed E-state index contributed by atoms with van der Waals surface area (Å²) in [5.41, 5.74) is 10.0. The summed E-state index contributed by atoms with van der Waals surface area (Å²) in [5.74, 6) is 2.40. The van der Waals surface area contributed by atoms with Crippen molar-refractivity contribution in [2.24, 2.45) is 0 Å². The number of nitrogens with two attached hydrogens (primary N) is 1. The summed E-state index contributed by atoms with van der Waals surface area (Å²) in [6, 6.07) is 15.4. The Morgan fingerprint density at radius 2 is 1.67 bits per heavy atom. The van der Waals surface area contributed by atoms with E-state index in [1.54, 1.807) is 14.2 Å². The van der Waals surface area contributed by atoms with Gasteiger partial charge in [0, 0.05) is 5.56 Å². The van der Waals surface area contributed by atoms with Gasteiger partial charge in [-0.15, -0.1) is 0 Å². The van der Waals surface area contributed by atoms with Crippen LogP contribution in [0.3, 0.4) is 0 Å². The first-order valence-electron chi connectivity index (χ1n) is 9.52. The molecule has 0 unspecified atom stereocenters. The van der Waals surface area contributed by atoms with Crippen molar-refractivity contribution >= 4 is 16.9 Å². The van der Waals surface area contributed by atoms with Gasteiger partial charge in [-0.1, -0.05) is 18.2 Å². The predicted octanol–water partition coefficient (Wildman–Crippen LogP) is 4.36. The van der Waals surface area contributed by atoms with Crippen LogP contribution in [0.15, 0.2) is 54.9 Å². The monoisotopic (exact) mass is 402 g/mol. The van der Waals surface area contributed by atoms with Crippen molar-refractivity contribution in [3.05, 3.63) is 54.9 Å². The van der Waals surface area contributed by atoms with E-state index >= 15 is 0 Å². The summed E-state index contributed by atoms with van der Waals surface area (Å²) in [5, 5.41) is 0.683. The van der Waals surface area contributed by atoms with E-state index in [1.165, 1.54) is 6.33 Å². The van der Waals surface area contributed by atoms with Crippen LogP contribution in [0, 0.1) is 0 Å². The zero-order valence-corrected chi connectivity index (χ0v) is 17.0. The minimum atomic E-state index is 0.363. The van der Waals surface area contributed by atoms with Crippen LogP contribution in [0.4, 0.5) is 5.82 Å². The second-order valence-corrected chi connectivity index (χ2v) is 6.51. The Labute approximate surface area is 174 Å². The summed E-state index contributed by atoms with van der Waals surface area (Å²) in [4.78, 5) is 13.2. The Kier molecular flexibility index (Phi) is 5.34. The van der Waals surface area contributed by atoms with Gasteiger partial charge in [-0.2, -0.15) is 0 Å². The van der Waals surface area contributed by atoms with E-state index in [4.69, 9.17) is 24.9 Å². The molecule has 2 N–H and O–H groups in total. The van der Waals surface area contributed by atoms with Gasteiger partial charge in [0.2, 0.25) is 0 Å². The first-order valence-corrected chi connectivity index (χ1v) is 9.52. The second-order valence-electron chi connectivity index (χ2n) is 6.51. The summed E-state index contributed by atoms with van der Waals surface area (Å²) in [6.07, 6.45) is 1.42. The summed E-state index contributed by atoms with van der Waals surface area (Å²) in [6.45, 7) is 2.48. The van der Waals surface area contributed by atoms with Crippen molar-refractivity contribution in [1.29, 1.82) is 0 Å². The lowest BCUT2D eigenvalue weighted by Crippen LogP contribution is -2.00. The van der Waals surface area contributed by atoms with Gasteiger partial charge in [0.15, 0.2) is 17.1 Å². The molecule has 0 saturated carbocycles. The fourth-order valence-corrected chi connectivity index (χ4v) is 3.42. The van der Waals surface area contributed by atoms with E-state index in [2.05, 4.69) is 9.97 Å². The predicted molar refractivity (Wildman–Crippen MR) is 117 cm³/mol. The van der Waals surface area contributed by atoms with Gasteiger partial charge < -0.3 is 19.9 Å². The molecule has 4 aromatic rings. The van der Waals surface area contributed by atoms with Crippen molar-refractivity contribution in [2.45, 2.75) is 6.92 Å². The van der Waals surface area contributed by atoms with Crippen molar-refractivity contribution in [1.82, 2.24) is 15.0 Å². The number of aromatic nitrogens is 3. The standard InChI is InChI=1S/C23H22N4O3/c1-4-30-19-10-9-14(11-20(19)29-3)16-12-17(15-7-5-6-8-18(15)28-2)27-23-21(16)22(24)25-13-26-23/h5-13H,4H2,1-3H3,(H2,24,25,26,27). The van der Waals surface area contributed by atoms with Gasteiger partial charge in [0.1, 0.15) is 17.9 Å². The maximum Gasteiger partial charge on any atom is 0.165 e. The number of pyridine rings is 1. The van der Waals surface area contributed by atoms with Crippen LogP contribution in [0.1, 0.15) is 6.92 Å². The van der Waals surface area contributed by atoms with Crippen LogP contribution in [0.25, 0.3) is 33.4 Å². The summed E-state index contributed by atoms with van der Waals surface area (Å²) < 4.78 is 16.7. The first kappa shape index (κ1) is 19.4. The van der Waals surface area contributed by atoms with Crippen molar-refractivity contribution < 1.29 is 14.2 Å². The molecule has 2 heterocycles. The highest BCUT2D eigenvalue weighted by Crippen LogP contribution is 2.39. The normalized spacial score (nSPS) is 10.8. The molecular weight excluding hydrogens is 380 g/mol. The number of benzene rings is 2. The highest BCUT2D eigenvalue weighted by Gasteiger charge is 2.17. The second kappa shape index (κ2) is 8.24. The smallest absolute Gasteiger partial charge is 0.165 e. The molecule has 0 atom stereocenters. The van der Waals surface area contributed by atoms with Crippen molar-refractivity contribution in [2.75, 3.05) is 26.6 Å². The first-order chi connectivity index (χ1) is 14.7. The third-order valence-electron chi connectivity index (χ3n) is 4.79. The van der Waals surface area contributed by atoms with Gasteiger partial charge in [-0.25, -0.2) is 15.0 Å². The Balaban J connectivity index is 1.99. The number of fused-ring (bicyclic) bond motifs is 1. The fourth-order valence-electron chi connectivity index (χ4n) is 3.42. The molecule has 0 bridgehead atoms. The number of hydrogen-bond donors (Lipinski definition) is 1. The molecule has 0 aliphatic heterocycles. The molecule has 0 amide bonds. The lowest BCUT2D eigenvalue weighted by molar-refractivity contribution is 0.311. The Morgan fingerprint density at radius 3 is 2.43 bits per heavy atom. The number of nitrogens with zero attached hydrogens (tertiary/aromatic N) is 3. The largest absolute Gasteiger partial charge is 0.496 e. The van der Waals surface area contributed by atoms with Crippen LogP contribution >= 0.6 is 0 Å². The average molecular weight is 402 g/mol. The molecule has 4 rings (SSSR count).